The summed E-state index contributed by atoms with van der Waals surface area (Å²) in [5.41, 5.74) is 0.709. The van der Waals surface area contributed by atoms with Crippen LogP contribution in [0.1, 0.15) is 24.2 Å². The normalized spacial score (nSPS) is 11.2. The van der Waals surface area contributed by atoms with Gasteiger partial charge in [0.2, 0.25) is 0 Å². The van der Waals surface area contributed by atoms with Crippen molar-refractivity contribution in [3.05, 3.63) is 54.4 Å². The highest BCUT2D eigenvalue weighted by atomic mass is 32.2. The van der Waals surface area contributed by atoms with Gasteiger partial charge in [0.25, 0.3) is 15.9 Å². The molecule has 0 unspecified atom stereocenters. The Morgan fingerprint density at radius 3 is 2.59 bits per heavy atom. The van der Waals surface area contributed by atoms with Crippen molar-refractivity contribution in [2.24, 2.45) is 0 Å². The summed E-state index contributed by atoms with van der Waals surface area (Å²) in [6.45, 7) is 3.71. The van der Waals surface area contributed by atoms with Gasteiger partial charge in [-0.25, -0.2) is 8.42 Å². The van der Waals surface area contributed by atoms with Crippen LogP contribution in [-0.2, 0) is 10.0 Å². The molecule has 22 heavy (non-hydrogen) atoms. The Hall–Kier alpha value is -2.41. The number of carbonyl (C=O) groups is 1. The molecule has 7 heteroatoms. The monoisotopic (exact) mass is 319 g/mol. The first-order valence-corrected chi connectivity index (χ1v) is 8.20. The number of rotatable bonds is 5. The second-order valence-corrected chi connectivity index (χ2v) is 6.69. The van der Waals surface area contributed by atoms with Gasteiger partial charge in [0.15, 0.2) is 0 Å². The van der Waals surface area contributed by atoms with E-state index in [9.17, 15) is 13.2 Å². The minimum Gasteiger partial charge on any atom is -0.350 e. The lowest BCUT2D eigenvalue weighted by molar-refractivity contribution is 0.0943. The third kappa shape index (κ3) is 4.05. The smallest absolute Gasteiger partial charge is 0.263 e. The van der Waals surface area contributed by atoms with Crippen LogP contribution in [0.3, 0.4) is 0 Å². The fourth-order valence-electron chi connectivity index (χ4n) is 1.79. The van der Waals surface area contributed by atoms with Gasteiger partial charge in [-0.15, -0.1) is 0 Å². The quantitative estimate of drug-likeness (QED) is 0.882. The van der Waals surface area contributed by atoms with Gasteiger partial charge in [-0.1, -0.05) is 6.07 Å². The number of pyridine rings is 1. The first-order chi connectivity index (χ1) is 10.4. The third-order valence-corrected chi connectivity index (χ3v) is 4.11. The van der Waals surface area contributed by atoms with Gasteiger partial charge in [-0.05, 0) is 44.2 Å². The lowest BCUT2D eigenvalue weighted by Gasteiger charge is -2.11. The summed E-state index contributed by atoms with van der Waals surface area (Å²) in [6.07, 6.45) is 2.76. The van der Waals surface area contributed by atoms with E-state index in [1.165, 1.54) is 24.5 Å². The summed E-state index contributed by atoms with van der Waals surface area (Å²) in [5.74, 6) is -0.252. The number of hydrogen-bond acceptors (Lipinski definition) is 4. The Morgan fingerprint density at radius 1 is 1.18 bits per heavy atom. The van der Waals surface area contributed by atoms with E-state index in [-0.39, 0.29) is 16.8 Å². The zero-order valence-electron chi connectivity index (χ0n) is 12.3. The molecule has 1 aromatic heterocycles. The number of benzene rings is 1. The van der Waals surface area contributed by atoms with Crippen LogP contribution >= 0.6 is 0 Å². The topological polar surface area (TPSA) is 88.2 Å². The second-order valence-electron chi connectivity index (χ2n) is 5.00. The van der Waals surface area contributed by atoms with Crippen molar-refractivity contribution in [2.45, 2.75) is 24.8 Å². The van der Waals surface area contributed by atoms with Gasteiger partial charge >= 0.3 is 0 Å². The second kappa shape index (κ2) is 6.57. The summed E-state index contributed by atoms with van der Waals surface area (Å²) in [4.78, 5) is 15.8. The van der Waals surface area contributed by atoms with E-state index in [1.54, 1.807) is 24.3 Å². The molecular formula is C15H17N3O3S. The predicted molar refractivity (Wildman–Crippen MR) is 84.1 cm³/mol. The fourth-order valence-corrected chi connectivity index (χ4v) is 2.80. The van der Waals surface area contributed by atoms with E-state index in [4.69, 9.17) is 0 Å². The molecule has 2 N–H and O–H groups in total. The van der Waals surface area contributed by atoms with E-state index >= 15 is 0 Å². The van der Waals surface area contributed by atoms with Gasteiger partial charge in [0.1, 0.15) is 4.90 Å². The van der Waals surface area contributed by atoms with Crippen LogP contribution in [0, 0.1) is 0 Å². The third-order valence-electron chi connectivity index (χ3n) is 2.74. The molecule has 0 fully saturated rings. The minimum atomic E-state index is -3.72. The lowest BCUT2D eigenvalue weighted by atomic mass is 10.2. The highest BCUT2D eigenvalue weighted by Gasteiger charge is 2.15. The largest absolute Gasteiger partial charge is 0.350 e. The van der Waals surface area contributed by atoms with Crippen molar-refractivity contribution in [1.82, 2.24) is 10.3 Å². The molecule has 0 spiro atoms. The molecule has 0 radical (unpaired) electrons. The van der Waals surface area contributed by atoms with Crippen LogP contribution in [0.2, 0.25) is 0 Å². The summed E-state index contributed by atoms with van der Waals surface area (Å²) in [6, 6.07) is 9.32. The van der Waals surface area contributed by atoms with Crippen LogP contribution in [-0.4, -0.2) is 25.4 Å². The molecule has 0 atom stereocenters. The first kappa shape index (κ1) is 16.0. The molecule has 2 aromatic rings. The van der Waals surface area contributed by atoms with Crippen molar-refractivity contribution in [3.8, 4) is 0 Å². The molecule has 0 saturated heterocycles. The Bertz CT molecular complexity index is 759. The maximum atomic E-state index is 12.2. The maximum Gasteiger partial charge on any atom is 0.263 e. The summed E-state index contributed by atoms with van der Waals surface area (Å²) in [7, 11) is -3.72. The average Bonchev–Trinajstić information content (AvgIpc) is 2.47. The van der Waals surface area contributed by atoms with Crippen molar-refractivity contribution in [1.29, 1.82) is 0 Å². The number of nitrogens with zero attached hydrogens (tertiary/aromatic N) is 1. The van der Waals surface area contributed by atoms with Gasteiger partial charge < -0.3 is 5.32 Å². The van der Waals surface area contributed by atoms with E-state index in [1.807, 2.05) is 13.8 Å². The number of aromatic nitrogens is 1. The van der Waals surface area contributed by atoms with Crippen molar-refractivity contribution in [2.75, 3.05) is 4.72 Å². The molecule has 0 bridgehead atoms. The minimum absolute atomic E-state index is 0.00300. The first-order valence-electron chi connectivity index (χ1n) is 6.72. The molecule has 1 amide bonds. The summed E-state index contributed by atoms with van der Waals surface area (Å²) < 4.78 is 26.9. The van der Waals surface area contributed by atoms with E-state index < -0.39 is 10.0 Å². The number of amides is 1. The van der Waals surface area contributed by atoms with E-state index in [0.29, 0.717) is 11.3 Å². The van der Waals surface area contributed by atoms with Crippen LogP contribution < -0.4 is 10.0 Å². The van der Waals surface area contributed by atoms with Crippen molar-refractivity contribution >= 4 is 21.6 Å². The summed E-state index contributed by atoms with van der Waals surface area (Å²) >= 11 is 0. The van der Waals surface area contributed by atoms with Crippen molar-refractivity contribution in [3.63, 3.8) is 0 Å². The molecule has 6 nitrogen and oxygen atoms in total. The molecule has 0 aliphatic heterocycles. The molecule has 0 aliphatic carbocycles. The van der Waals surface area contributed by atoms with Gasteiger partial charge in [0, 0.05) is 29.7 Å². The summed E-state index contributed by atoms with van der Waals surface area (Å²) in [5, 5.41) is 2.75. The number of anilines is 1. The molecule has 2 rings (SSSR count). The van der Waals surface area contributed by atoms with Crippen LogP contribution in [0.5, 0.6) is 0 Å². The molecular weight excluding hydrogens is 302 g/mol. The average molecular weight is 319 g/mol. The highest BCUT2D eigenvalue weighted by molar-refractivity contribution is 7.92. The molecule has 0 saturated carbocycles. The van der Waals surface area contributed by atoms with Gasteiger partial charge in [-0.3, -0.25) is 14.5 Å². The Labute approximate surface area is 129 Å². The molecule has 0 aliphatic rings. The van der Waals surface area contributed by atoms with E-state index in [0.717, 1.165) is 0 Å². The fraction of sp³-hybridized carbons (Fsp3) is 0.200. The molecule has 1 heterocycles. The standard InChI is InChI=1S/C15H17N3O3S/c1-11(2)17-15(19)12-5-3-6-13(9-12)18-22(20,21)14-7-4-8-16-10-14/h3-11,18H,1-2H3,(H,17,19). The number of carbonyl (C=O) groups excluding carboxylic acids is 1. The Kier molecular flexibility index (Phi) is 4.77. The zero-order chi connectivity index (χ0) is 16.2. The maximum absolute atomic E-state index is 12.2. The predicted octanol–water partition coefficient (Wildman–Crippen LogP) is 2.02. The van der Waals surface area contributed by atoms with E-state index in [2.05, 4.69) is 15.0 Å². The number of sulfonamides is 1. The zero-order valence-corrected chi connectivity index (χ0v) is 13.1. The van der Waals surface area contributed by atoms with Crippen LogP contribution in [0.15, 0.2) is 53.7 Å². The Balaban J connectivity index is 2.22. The number of nitrogens with one attached hydrogen (secondary N) is 2. The SMILES string of the molecule is CC(C)NC(=O)c1cccc(NS(=O)(=O)c2cccnc2)c1. The lowest BCUT2D eigenvalue weighted by Crippen LogP contribution is -2.30. The molecule has 116 valence electrons. The van der Waals surface area contributed by atoms with Crippen molar-refractivity contribution < 1.29 is 13.2 Å². The Morgan fingerprint density at radius 2 is 1.95 bits per heavy atom. The number of hydrogen-bond donors (Lipinski definition) is 2. The van der Waals surface area contributed by atoms with Crippen LogP contribution in [0.25, 0.3) is 0 Å². The highest BCUT2D eigenvalue weighted by Crippen LogP contribution is 2.16. The van der Waals surface area contributed by atoms with Gasteiger partial charge in [0.05, 0.1) is 0 Å². The molecule has 1 aromatic carbocycles. The van der Waals surface area contributed by atoms with Gasteiger partial charge in [-0.2, -0.15) is 0 Å². The van der Waals surface area contributed by atoms with Crippen LogP contribution in [0.4, 0.5) is 5.69 Å².